The number of fused-ring (bicyclic) bond motifs is 2. The zero-order valence-electron chi connectivity index (χ0n) is 18.1. The van der Waals surface area contributed by atoms with Gasteiger partial charge in [0, 0.05) is 34.2 Å². The first-order valence-corrected chi connectivity index (χ1v) is 12.4. The highest BCUT2D eigenvalue weighted by molar-refractivity contribution is 7.99. The van der Waals surface area contributed by atoms with E-state index in [9.17, 15) is 9.59 Å². The zero-order chi connectivity index (χ0) is 22.5. The number of hydrogen-bond acceptors (Lipinski definition) is 6. The Labute approximate surface area is 196 Å². The number of para-hydroxylation sites is 2. The fraction of sp³-hybridized carbons (Fsp3) is 0.292. The van der Waals surface area contributed by atoms with E-state index in [1.54, 1.807) is 11.8 Å². The number of thiazole rings is 1. The third-order valence-electron chi connectivity index (χ3n) is 5.06. The summed E-state index contributed by atoms with van der Waals surface area (Å²) < 4.78 is 0. The number of carbonyl (C=O) groups excluding carboxylic acids is 2. The smallest absolute Gasteiger partial charge is 0.228 e. The molecule has 0 aliphatic carbocycles. The van der Waals surface area contributed by atoms with Crippen LogP contribution in [-0.4, -0.2) is 29.9 Å². The third kappa shape index (κ3) is 5.31. The van der Waals surface area contributed by atoms with E-state index in [2.05, 4.69) is 69.0 Å². The van der Waals surface area contributed by atoms with Crippen molar-refractivity contribution in [1.82, 2.24) is 10.3 Å². The van der Waals surface area contributed by atoms with Crippen LogP contribution in [0.15, 0.2) is 63.7 Å². The molecule has 32 heavy (non-hydrogen) atoms. The standard InChI is InChI=1S/C24H26N4O2S2/c1-16(2)23(30)27-24-26-17(15-31-24)14-22(29)25-12-7-13-28-18-8-3-5-10-20(18)32-21-11-6-4-9-19(21)28/h3-6,8-11,15-16H,7,12-14H2,1-2H3,(H,25,29)(H,26,27,30). The second-order valence-electron chi connectivity index (χ2n) is 7.86. The van der Waals surface area contributed by atoms with E-state index in [4.69, 9.17) is 0 Å². The van der Waals surface area contributed by atoms with Crippen molar-refractivity contribution in [1.29, 1.82) is 0 Å². The predicted molar refractivity (Wildman–Crippen MR) is 131 cm³/mol. The van der Waals surface area contributed by atoms with Crippen LogP contribution < -0.4 is 15.5 Å². The molecule has 2 heterocycles. The van der Waals surface area contributed by atoms with Gasteiger partial charge in [-0.3, -0.25) is 9.59 Å². The summed E-state index contributed by atoms with van der Waals surface area (Å²) in [6, 6.07) is 16.9. The van der Waals surface area contributed by atoms with Crippen molar-refractivity contribution >= 4 is 51.4 Å². The number of carbonyl (C=O) groups is 2. The summed E-state index contributed by atoms with van der Waals surface area (Å²) in [5, 5.41) is 8.11. The number of nitrogens with one attached hydrogen (secondary N) is 2. The Morgan fingerprint density at radius 2 is 1.69 bits per heavy atom. The second kappa shape index (κ2) is 10.2. The number of benzene rings is 2. The van der Waals surface area contributed by atoms with Crippen LogP contribution in [0.4, 0.5) is 16.5 Å². The molecule has 0 fully saturated rings. The molecule has 0 spiro atoms. The average molecular weight is 467 g/mol. The molecule has 1 aliphatic rings. The van der Waals surface area contributed by atoms with Crippen molar-refractivity contribution < 1.29 is 9.59 Å². The molecule has 2 N–H and O–H groups in total. The predicted octanol–water partition coefficient (Wildman–Crippen LogP) is 5.09. The van der Waals surface area contributed by atoms with Crippen LogP contribution in [0.5, 0.6) is 0 Å². The van der Waals surface area contributed by atoms with Gasteiger partial charge in [-0.2, -0.15) is 0 Å². The average Bonchev–Trinajstić information content (AvgIpc) is 3.22. The molecule has 2 amide bonds. The van der Waals surface area contributed by atoms with Gasteiger partial charge >= 0.3 is 0 Å². The molecule has 166 valence electrons. The first kappa shape index (κ1) is 22.4. The molecule has 0 radical (unpaired) electrons. The summed E-state index contributed by atoms with van der Waals surface area (Å²) in [6.07, 6.45) is 1.03. The monoisotopic (exact) mass is 466 g/mol. The Bertz CT molecular complexity index is 1070. The summed E-state index contributed by atoms with van der Waals surface area (Å²) in [7, 11) is 0. The van der Waals surface area contributed by atoms with Crippen LogP contribution >= 0.6 is 23.1 Å². The fourth-order valence-corrected chi connectivity index (χ4v) is 5.22. The lowest BCUT2D eigenvalue weighted by atomic mass is 10.2. The molecule has 8 heteroatoms. The highest BCUT2D eigenvalue weighted by Crippen LogP contribution is 2.47. The van der Waals surface area contributed by atoms with E-state index in [-0.39, 0.29) is 24.2 Å². The van der Waals surface area contributed by atoms with Gasteiger partial charge in [-0.15, -0.1) is 11.3 Å². The van der Waals surface area contributed by atoms with Gasteiger partial charge in [-0.25, -0.2) is 4.98 Å². The molecule has 4 rings (SSSR count). The number of amides is 2. The Morgan fingerprint density at radius 3 is 2.34 bits per heavy atom. The Kier molecular flexibility index (Phi) is 7.12. The normalized spacial score (nSPS) is 12.3. The van der Waals surface area contributed by atoms with E-state index >= 15 is 0 Å². The molecular formula is C24H26N4O2S2. The van der Waals surface area contributed by atoms with Gasteiger partial charge in [0.2, 0.25) is 11.8 Å². The van der Waals surface area contributed by atoms with E-state index in [0.29, 0.717) is 17.4 Å². The highest BCUT2D eigenvalue weighted by Gasteiger charge is 2.22. The van der Waals surface area contributed by atoms with Crippen LogP contribution in [0.2, 0.25) is 0 Å². The summed E-state index contributed by atoms with van der Waals surface area (Å²) >= 11 is 3.13. The largest absolute Gasteiger partial charge is 0.356 e. The molecule has 0 atom stereocenters. The van der Waals surface area contributed by atoms with Crippen LogP contribution in [0.1, 0.15) is 26.0 Å². The maximum absolute atomic E-state index is 12.3. The fourth-order valence-electron chi connectivity index (χ4n) is 3.41. The van der Waals surface area contributed by atoms with Gasteiger partial charge in [0.25, 0.3) is 0 Å². The minimum Gasteiger partial charge on any atom is -0.356 e. The maximum Gasteiger partial charge on any atom is 0.228 e. The van der Waals surface area contributed by atoms with Crippen molar-refractivity contribution in [2.45, 2.75) is 36.5 Å². The first-order valence-electron chi connectivity index (χ1n) is 10.7. The van der Waals surface area contributed by atoms with Crippen molar-refractivity contribution in [2.24, 2.45) is 5.92 Å². The lowest BCUT2D eigenvalue weighted by molar-refractivity contribution is -0.120. The quantitative estimate of drug-likeness (QED) is 0.453. The molecule has 0 saturated carbocycles. The zero-order valence-corrected chi connectivity index (χ0v) is 19.8. The molecule has 1 aliphatic heterocycles. The second-order valence-corrected chi connectivity index (χ2v) is 9.80. The number of aromatic nitrogens is 1. The molecule has 3 aromatic rings. The Hall–Kier alpha value is -2.84. The van der Waals surface area contributed by atoms with E-state index in [1.165, 1.54) is 32.5 Å². The van der Waals surface area contributed by atoms with E-state index < -0.39 is 0 Å². The van der Waals surface area contributed by atoms with Gasteiger partial charge < -0.3 is 15.5 Å². The Balaban J connectivity index is 1.28. The van der Waals surface area contributed by atoms with Gasteiger partial charge in [0.1, 0.15) is 0 Å². The van der Waals surface area contributed by atoms with Crippen molar-refractivity contribution in [3.8, 4) is 0 Å². The van der Waals surface area contributed by atoms with Crippen molar-refractivity contribution in [2.75, 3.05) is 23.3 Å². The molecule has 0 unspecified atom stereocenters. The van der Waals surface area contributed by atoms with Crippen LogP contribution in [0.3, 0.4) is 0 Å². The minimum atomic E-state index is -0.108. The number of rotatable bonds is 8. The van der Waals surface area contributed by atoms with Gasteiger partial charge in [-0.05, 0) is 30.7 Å². The maximum atomic E-state index is 12.3. The topological polar surface area (TPSA) is 74.3 Å². The lowest BCUT2D eigenvalue weighted by Crippen LogP contribution is -2.30. The molecule has 2 aromatic carbocycles. The molecule has 6 nitrogen and oxygen atoms in total. The Morgan fingerprint density at radius 1 is 1.03 bits per heavy atom. The number of anilines is 3. The van der Waals surface area contributed by atoms with E-state index in [0.717, 1.165) is 13.0 Å². The summed E-state index contributed by atoms with van der Waals surface area (Å²) in [5.74, 6) is -0.246. The van der Waals surface area contributed by atoms with Crippen molar-refractivity contribution in [3.63, 3.8) is 0 Å². The highest BCUT2D eigenvalue weighted by atomic mass is 32.2. The minimum absolute atomic E-state index is 0.0629. The molecular weight excluding hydrogens is 440 g/mol. The SMILES string of the molecule is CC(C)C(=O)Nc1nc(CC(=O)NCCCN2c3ccccc3Sc3ccccc32)cs1. The third-order valence-corrected chi connectivity index (χ3v) is 7.00. The van der Waals surface area contributed by atoms with Gasteiger partial charge in [0.05, 0.1) is 23.5 Å². The van der Waals surface area contributed by atoms with Gasteiger partial charge in [-0.1, -0.05) is 49.9 Å². The van der Waals surface area contributed by atoms with Gasteiger partial charge in [0.15, 0.2) is 5.13 Å². The summed E-state index contributed by atoms with van der Waals surface area (Å²) in [5.41, 5.74) is 3.09. The van der Waals surface area contributed by atoms with Crippen LogP contribution in [-0.2, 0) is 16.0 Å². The summed E-state index contributed by atoms with van der Waals surface area (Å²) in [4.78, 5) is 33.3. The lowest BCUT2D eigenvalue weighted by Gasteiger charge is -2.32. The molecule has 1 aromatic heterocycles. The number of nitrogens with zero attached hydrogens (tertiary/aromatic N) is 2. The van der Waals surface area contributed by atoms with Crippen molar-refractivity contribution in [3.05, 3.63) is 59.6 Å². The number of hydrogen-bond donors (Lipinski definition) is 2. The summed E-state index contributed by atoms with van der Waals surface area (Å²) in [6.45, 7) is 5.07. The first-order chi connectivity index (χ1) is 15.5. The molecule has 0 bridgehead atoms. The van der Waals surface area contributed by atoms with Crippen LogP contribution in [0, 0.1) is 5.92 Å². The van der Waals surface area contributed by atoms with E-state index in [1.807, 2.05) is 19.2 Å². The van der Waals surface area contributed by atoms with Crippen LogP contribution in [0.25, 0.3) is 0 Å². The molecule has 0 saturated heterocycles.